The maximum absolute atomic E-state index is 4.08. The molecule has 1 nitrogen and oxygen atoms in total. The lowest BCUT2D eigenvalue weighted by molar-refractivity contribution is 1.41. The molecule has 1 heteroatoms. The van der Waals surface area contributed by atoms with E-state index in [0.717, 1.165) is 5.57 Å². The van der Waals surface area contributed by atoms with Gasteiger partial charge in [-0.15, -0.1) is 0 Å². The van der Waals surface area contributed by atoms with Crippen molar-refractivity contribution >= 4 is 23.9 Å². The van der Waals surface area contributed by atoms with Crippen molar-refractivity contribution in [3.05, 3.63) is 51.9 Å². The van der Waals surface area contributed by atoms with E-state index in [1.165, 1.54) is 27.1 Å². The second-order valence-electron chi connectivity index (χ2n) is 4.82. The Hall–Kier alpha value is -1.89. The van der Waals surface area contributed by atoms with Gasteiger partial charge in [0.25, 0.3) is 0 Å². The minimum Gasteiger partial charge on any atom is -0.296 e. The highest BCUT2D eigenvalue weighted by atomic mass is 14.6. The van der Waals surface area contributed by atoms with Crippen LogP contribution in [0.4, 0.5) is 0 Å². The molecule has 1 aromatic carbocycles. The molecule has 19 heavy (non-hydrogen) atoms. The molecular weight excluding hydrogens is 230 g/mol. The highest BCUT2D eigenvalue weighted by molar-refractivity contribution is 5.89. The standard InChI is InChI=1S/C18H23N/c1-7-16-8-9-17(11-18(16)10-13(2)3)15(5)14(4)12-19-6/h7-12H,2H2,1,3-6H3/b15-14+,16-7-,18-10-,19-12?. The molecule has 100 valence electrons. The molecule has 0 radical (unpaired) electrons. The molecule has 0 atom stereocenters. The Morgan fingerprint density at radius 2 is 1.84 bits per heavy atom. The Labute approximate surface area is 116 Å². The summed E-state index contributed by atoms with van der Waals surface area (Å²) in [6.07, 6.45) is 6.14. The smallest absolute Gasteiger partial charge is 0.0277 e. The molecule has 0 heterocycles. The Morgan fingerprint density at radius 1 is 1.16 bits per heavy atom. The van der Waals surface area contributed by atoms with Crippen molar-refractivity contribution in [3.63, 3.8) is 0 Å². The lowest BCUT2D eigenvalue weighted by atomic mass is 10.0. The zero-order chi connectivity index (χ0) is 14.4. The van der Waals surface area contributed by atoms with Crippen LogP contribution in [0.2, 0.25) is 0 Å². The van der Waals surface area contributed by atoms with Crippen LogP contribution in [0, 0.1) is 0 Å². The molecule has 0 aliphatic heterocycles. The number of hydrogen-bond donors (Lipinski definition) is 0. The van der Waals surface area contributed by atoms with E-state index in [4.69, 9.17) is 0 Å². The van der Waals surface area contributed by atoms with Crippen LogP contribution in [-0.4, -0.2) is 13.3 Å². The maximum Gasteiger partial charge on any atom is 0.0277 e. The van der Waals surface area contributed by atoms with Crippen LogP contribution in [-0.2, 0) is 0 Å². The first-order chi connectivity index (χ1) is 8.99. The van der Waals surface area contributed by atoms with Crippen LogP contribution in [0.15, 0.2) is 40.9 Å². The molecule has 0 bridgehead atoms. The Morgan fingerprint density at radius 3 is 2.37 bits per heavy atom. The van der Waals surface area contributed by atoms with Gasteiger partial charge >= 0.3 is 0 Å². The topological polar surface area (TPSA) is 12.4 Å². The summed E-state index contributed by atoms with van der Waals surface area (Å²) in [5.74, 6) is 0. The Kier molecular flexibility index (Phi) is 5.50. The molecule has 0 amide bonds. The third-order valence-corrected chi connectivity index (χ3v) is 3.15. The second kappa shape index (κ2) is 6.89. The van der Waals surface area contributed by atoms with Gasteiger partial charge in [-0.25, -0.2) is 0 Å². The van der Waals surface area contributed by atoms with Gasteiger partial charge in [0.2, 0.25) is 0 Å². The Balaban J connectivity index is 3.52. The number of aliphatic imine (C=N–C) groups is 1. The quantitative estimate of drug-likeness (QED) is 0.733. The fraction of sp³-hybridized carbons (Fsp3) is 0.278. The van der Waals surface area contributed by atoms with E-state index in [2.05, 4.69) is 62.7 Å². The summed E-state index contributed by atoms with van der Waals surface area (Å²) in [5, 5.41) is 2.45. The molecular formula is C18H23N. The third-order valence-electron chi connectivity index (χ3n) is 3.15. The summed E-state index contributed by atoms with van der Waals surface area (Å²) in [6.45, 7) is 12.3. The summed E-state index contributed by atoms with van der Waals surface area (Å²) in [4.78, 5) is 4.08. The van der Waals surface area contributed by atoms with E-state index in [9.17, 15) is 0 Å². The summed E-state index contributed by atoms with van der Waals surface area (Å²) in [7, 11) is 1.80. The minimum absolute atomic E-state index is 1.06. The molecule has 0 aliphatic rings. The van der Waals surface area contributed by atoms with Crippen LogP contribution in [0.25, 0.3) is 17.7 Å². The number of allylic oxidation sites excluding steroid dienone is 3. The average Bonchev–Trinajstić information content (AvgIpc) is 2.37. The number of nitrogens with zero attached hydrogens (tertiary/aromatic N) is 1. The molecule has 0 N–H and O–H groups in total. The number of benzene rings is 1. The lowest BCUT2D eigenvalue weighted by Crippen LogP contribution is -2.24. The maximum atomic E-state index is 4.08. The second-order valence-corrected chi connectivity index (χ2v) is 4.82. The predicted octanol–water partition coefficient (Wildman–Crippen LogP) is 3.34. The normalized spacial score (nSPS) is 15.0. The molecule has 1 aromatic rings. The SMILES string of the molecule is C=C(C)/C=c1/cc(/C(C)=C(\C)C=NC)cc/c1=C/C. The summed E-state index contributed by atoms with van der Waals surface area (Å²) < 4.78 is 0. The Bertz CT molecular complexity index is 643. The lowest BCUT2D eigenvalue weighted by Gasteiger charge is -2.05. The van der Waals surface area contributed by atoms with Crippen molar-refractivity contribution in [2.75, 3.05) is 7.05 Å². The van der Waals surface area contributed by atoms with Gasteiger partial charge in [0.1, 0.15) is 0 Å². The van der Waals surface area contributed by atoms with Crippen molar-refractivity contribution in [2.24, 2.45) is 4.99 Å². The molecule has 0 spiro atoms. The molecule has 0 fully saturated rings. The van der Waals surface area contributed by atoms with E-state index in [1.54, 1.807) is 7.05 Å². The van der Waals surface area contributed by atoms with Crippen molar-refractivity contribution in [1.82, 2.24) is 0 Å². The van der Waals surface area contributed by atoms with Crippen molar-refractivity contribution in [2.45, 2.75) is 27.7 Å². The van der Waals surface area contributed by atoms with Crippen LogP contribution < -0.4 is 10.4 Å². The van der Waals surface area contributed by atoms with Gasteiger partial charge < -0.3 is 0 Å². The predicted molar refractivity (Wildman–Crippen MR) is 87.8 cm³/mol. The summed E-state index contributed by atoms with van der Waals surface area (Å²) in [5.41, 5.74) is 4.74. The average molecular weight is 253 g/mol. The van der Waals surface area contributed by atoms with Gasteiger partial charge in [0.15, 0.2) is 0 Å². The van der Waals surface area contributed by atoms with Gasteiger partial charge in [-0.05, 0) is 60.9 Å². The summed E-state index contributed by atoms with van der Waals surface area (Å²) >= 11 is 0. The first kappa shape index (κ1) is 15.2. The molecule has 0 unspecified atom stereocenters. The fourth-order valence-corrected chi connectivity index (χ4v) is 1.98. The van der Waals surface area contributed by atoms with Gasteiger partial charge in [0.05, 0.1) is 0 Å². The third kappa shape index (κ3) is 4.06. The zero-order valence-electron chi connectivity index (χ0n) is 12.6. The van der Waals surface area contributed by atoms with Gasteiger partial charge in [0, 0.05) is 13.3 Å². The first-order valence-corrected chi connectivity index (χ1v) is 6.53. The van der Waals surface area contributed by atoms with Crippen LogP contribution in [0.1, 0.15) is 33.3 Å². The minimum atomic E-state index is 1.06. The molecule has 0 aromatic heterocycles. The first-order valence-electron chi connectivity index (χ1n) is 6.53. The van der Waals surface area contributed by atoms with E-state index in [0.29, 0.717) is 0 Å². The van der Waals surface area contributed by atoms with E-state index >= 15 is 0 Å². The summed E-state index contributed by atoms with van der Waals surface area (Å²) in [6, 6.07) is 6.53. The van der Waals surface area contributed by atoms with E-state index in [1.807, 2.05) is 13.1 Å². The van der Waals surface area contributed by atoms with Crippen LogP contribution >= 0.6 is 0 Å². The van der Waals surface area contributed by atoms with Crippen LogP contribution in [0.3, 0.4) is 0 Å². The van der Waals surface area contributed by atoms with Crippen molar-refractivity contribution in [3.8, 4) is 0 Å². The number of hydrogen-bond acceptors (Lipinski definition) is 1. The molecule has 0 aliphatic carbocycles. The van der Waals surface area contributed by atoms with Gasteiger partial charge in [-0.1, -0.05) is 36.4 Å². The van der Waals surface area contributed by atoms with E-state index in [-0.39, 0.29) is 0 Å². The van der Waals surface area contributed by atoms with Gasteiger partial charge in [-0.3, -0.25) is 4.99 Å². The molecule has 1 rings (SSSR count). The molecule has 0 saturated heterocycles. The highest BCUT2D eigenvalue weighted by Crippen LogP contribution is 2.14. The van der Waals surface area contributed by atoms with E-state index < -0.39 is 0 Å². The van der Waals surface area contributed by atoms with Crippen molar-refractivity contribution in [1.29, 1.82) is 0 Å². The number of rotatable bonds is 3. The fourth-order valence-electron chi connectivity index (χ4n) is 1.98. The van der Waals surface area contributed by atoms with Crippen molar-refractivity contribution < 1.29 is 0 Å². The monoisotopic (exact) mass is 253 g/mol. The largest absolute Gasteiger partial charge is 0.296 e. The van der Waals surface area contributed by atoms with Gasteiger partial charge in [-0.2, -0.15) is 0 Å². The highest BCUT2D eigenvalue weighted by Gasteiger charge is 1.99. The zero-order valence-corrected chi connectivity index (χ0v) is 12.6. The molecule has 0 saturated carbocycles. The van der Waals surface area contributed by atoms with Crippen LogP contribution in [0.5, 0.6) is 0 Å².